The first kappa shape index (κ1) is 13.4. The summed E-state index contributed by atoms with van der Waals surface area (Å²) in [5.74, 6) is -1.49. The number of halogens is 1. The van der Waals surface area contributed by atoms with Crippen LogP contribution in [-0.4, -0.2) is 23.7 Å². The van der Waals surface area contributed by atoms with Gasteiger partial charge in [-0.2, -0.15) is 0 Å². The molecule has 1 aromatic carbocycles. The lowest BCUT2D eigenvalue weighted by Crippen LogP contribution is -2.29. The number of ether oxygens (including phenoxy) is 1. The van der Waals surface area contributed by atoms with E-state index in [0.29, 0.717) is 5.69 Å². The topological polar surface area (TPSA) is 58.6 Å². The minimum atomic E-state index is -0.770. The molecule has 5 heteroatoms. The van der Waals surface area contributed by atoms with Crippen molar-refractivity contribution in [3.05, 3.63) is 24.0 Å². The summed E-state index contributed by atoms with van der Waals surface area (Å²) < 4.78 is 18.1. The molecular weight excluding hydrogens is 225 g/mol. The highest BCUT2D eigenvalue weighted by Gasteiger charge is 2.21. The van der Waals surface area contributed by atoms with Gasteiger partial charge in [0.25, 0.3) is 0 Å². The molecule has 0 saturated carbocycles. The Balaban J connectivity index is 2.65. The first-order chi connectivity index (χ1) is 7.84. The Morgan fingerprint density at radius 1 is 1.53 bits per heavy atom. The molecule has 1 aromatic rings. The molecular formula is C12H16FNO3. The number of carbonyl (C=O) groups excluding carboxylic acids is 1. The summed E-state index contributed by atoms with van der Waals surface area (Å²) in [6, 6.07) is 3.68. The number of amides is 1. The summed E-state index contributed by atoms with van der Waals surface area (Å²) in [7, 11) is 1.52. The van der Waals surface area contributed by atoms with Crippen LogP contribution in [0.5, 0.6) is 5.75 Å². The number of rotatable bonds is 4. The molecule has 0 radical (unpaired) electrons. The van der Waals surface area contributed by atoms with Gasteiger partial charge in [0, 0.05) is 18.9 Å². The summed E-state index contributed by atoms with van der Waals surface area (Å²) in [6.07, 6.45) is 0.159. The van der Waals surface area contributed by atoms with E-state index in [4.69, 9.17) is 9.84 Å². The summed E-state index contributed by atoms with van der Waals surface area (Å²) in [5, 5.41) is 11.5. The average molecular weight is 241 g/mol. The van der Waals surface area contributed by atoms with Crippen molar-refractivity contribution in [2.45, 2.75) is 25.9 Å². The summed E-state index contributed by atoms with van der Waals surface area (Å²) in [4.78, 5) is 11.6. The Morgan fingerprint density at radius 2 is 2.18 bits per heavy atom. The van der Waals surface area contributed by atoms with E-state index in [0.717, 1.165) is 6.07 Å². The Hall–Kier alpha value is -1.62. The molecule has 4 nitrogen and oxygen atoms in total. The normalized spacial score (nSPS) is 11.3. The Labute approximate surface area is 99.4 Å². The van der Waals surface area contributed by atoms with Gasteiger partial charge < -0.3 is 15.2 Å². The zero-order valence-corrected chi connectivity index (χ0v) is 10.1. The molecule has 0 spiro atoms. The maximum atomic E-state index is 13.0. The van der Waals surface area contributed by atoms with E-state index < -0.39 is 17.2 Å². The number of aromatic hydroxyl groups is 1. The number of benzene rings is 1. The minimum absolute atomic E-state index is 0.159. The second kappa shape index (κ2) is 5.14. The van der Waals surface area contributed by atoms with Crippen molar-refractivity contribution >= 4 is 11.6 Å². The number of phenols is 1. The van der Waals surface area contributed by atoms with Crippen LogP contribution in [0.4, 0.5) is 10.1 Å². The predicted octanol–water partition coefficient (Wildman–Crippen LogP) is 2.28. The van der Waals surface area contributed by atoms with Crippen molar-refractivity contribution in [3.8, 4) is 5.75 Å². The second-order valence-electron chi connectivity index (χ2n) is 4.35. The number of methoxy groups -OCH3 is 1. The van der Waals surface area contributed by atoms with Crippen LogP contribution in [0.15, 0.2) is 18.2 Å². The molecule has 1 amide bonds. The first-order valence-electron chi connectivity index (χ1n) is 5.17. The van der Waals surface area contributed by atoms with Crippen LogP contribution in [-0.2, 0) is 9.53 Å². The highest BCUT2D eigenvalue weighted by atomic mass is 19.1. The highest BCUT2D eigenvalue weighted by molar-refractivity contribution is 5.91. The van der Waals surface area contributed by atoms with Crippen LogP contribution < -0.4 is 5.32 Å². The summed E-state index contributed by atoms with van der Waals surface area (Å²) >= 11 is 0. The van der Waals surface area contributed by atoms with E-state index in [-0.39, 0.29) is 12.3 Å². The lowest BCUT2D eigenvalue weighted by molar-refractivity contribution is -0.121. The lowest BCUT2D eigenvalue weighted by atomic mass is 10.0. The van der Waals surface area contributed by atoms with E-state index in [9.17, 15) is 9.18 Å². The van der Waals surface area contributed by atoms with E-state index in [1.54, 1.807) is 13.8 Å². The van der Waals surface area contributed by atoms with E-state index in [2.05, 4.69) is 5.32 Å². The third kappa shape index (κ3) is 4.03. The molecule has 0 saturated heterocycles. The van der Waals surface area contributed by atoms with E-state index in [1.807, 2.05) is 0 Å². The van der Waals surface area contributed by atoms with Gasteiger partial charge in [0.15, 0.2) is 11.6 Å². The fourth-order valence-corrected chi connectivity index (χ4v) is 1.25. The molecule has 0 aliphatic rings. The Morgan fingerprint density at radius 3 is 2.71 bits per heavy atom. The molecule has 0 fully saturated rings. The van der Waals surface area contributed by atoms with Gasteiger partial charge in [-0.1, -0.05) is 0 Å². The molecule has 0 heterocycles. The summed E-state index contributed by atoms with van der Waals surface area (Å²) in [5.41, 5.74) is -0.267. The third-order valence-corrected chi connectivity index (χ3v) is 2.37. The first-order valence-corrected chi connectivity index (χ1v) is 5.17. The maximum absolute atomic E-state index is 13.0. The fourth-order valence-electron chi connectivity index (χ4n) is 1.25. The quantitative estimate of drug-likeness (QED) is 0.795. The van der Waals surface area contributed by atoms with Crippen molar-refractivity contribution in [1.82, 2.24) is 0 Å². The SMILES string of the molecule is COC(C)(C)CC(=O)Nc1ccc(O)c(F)c1. The largest absolute Gasteiger partial charge is 0.505 e. The number of anilines is 1. The molecule has 0 atom stereocenters. The molecule has 0 aliphatic heterocycles. The molecule has 1 rings (SSSR count). The van der Waals surface area contributed by atoms with Crippen LogP contribution in [0.3, 0.4) is 0 Å². The van der Waals surface area contributed by atoms with Crippen molar-refractivity contribution in [2.75, 3.05) is 12.4 Å². The molecule has 17 heavy (non-hydrogen) atoms. The van der Waals surface area contributed by atoms with Crippen LogP contribution in [0, 0.1) is 5.82 Å². The van der Waals surface area contributed by atoms with Gasteiger partial charge in [0.1, 0.15) is 0 Å². The van der Waals surface area contributed by atoms with Gasteiger partial charge in [0.2, 0.25) is 5.91 Å². The molecule has 0 aromatic heterocycles. The molecule has 0 unspecified atom stereocenters. The minimum Gasteiger partial charge on any atom is -0.505 e. The molecule has 2 N–H and O–H groups in total. The van der Waals surface area contributed by atoms with Crippen LogP contribution in [0.2, 0.25) is 0 Å². The van der Waals surface area contributed by atoms with Crippen molar-refractivity contribution in [1.29, 1.82) is 0 Å². The number of nitrogens with one attached hydrogen (secondary N) is 1. The average Bonchev–Trinajstić information content (AvgIpc) is 2.23. The monoisotopic (exact) mass is 241 g/mol. The smallest absolute Gasteiger partial charge is 0.227 e. The highest BCUT2D eigenvalue weighted by Crippen LogP contribution is 2.20. The van der Waals surface area contributed by atoms with E-state index in [1.165, 1.54) is 19.2 Å². The Kier molecular flexibility index (Phi) is 4.07. The van der Waals surface area contributed by atoms with Crippen molar-refractivity contribution < 1.29 is 19.0 Å². The fraction of sp³-hybridized carbons (Fsp3) is 0.417. The maximum Gasteiger partial charge on any atom is 0.227 e. The van der Waals surface area contributed by atoms with E-state index >= 15 is 0 Å². The van der Waals surface area contributed by atoms with Gasteiger partial charge in [-0.3, -0.25) is 4.79 Å². The van der Waals surface area contributed by atoms with Gasteiger partial charge in [0.05, 0.1) is 12.0 Å². The molecule has 94 valence electrons. The third-order valence-electron chi connectivity index (χ3n) is 2.37. The zero-order valence-electron chi connectivity index (χ0n) is 10.1. The van der Waals surface area contributed by atoms with Crippen LogP contribution in [0.25, 0.3) is 0 Å². The van der Waals surface area contributed by atoms with Crippen LogP contribution >= 0.6 is 0 Å². The standard InChI is InChI=1S/C12H16FNO3/c1-12(2,17-3)7-11(16)14-8-4-5-10(15)9(13)6-8/h4-6,15H,7H2,1-3H3,(H,14,16). The Bertz CT molecular complexity index is 418. The lowest BCUT2D eigenvalue weighted by Gasteiger charge is -2.21. The van der Waals surface area contributed by atoms with Gasteiger partial charge in [-0.25, -0.2) is 4.39 Å². The zero-order chi connectivity index (χ0) is 13.1. The molecule has 0 bridgehead atoms. The second-order valence-corrected chi connectivity index (χ2v) is 4.35. The number of carbonyl (C=O) groups is 1. The predicted molar refractivity (Wildman–Crippen MR) is 62.4 cm³/mol. The molecule has 0 aliphatic carbocycles. The van der Waals surface area contributed by atoms with Gasteiger partial charge in [-0.15, -0.1) is 0 Å². The van der Waals surface area contributed by atoms with Crippen molar-refractivity contribution in [2.24, 2.45) is 0 Å². The van der Waals surface area contributed by atoms with Crippen LogP contribution in [0.1, 0.15) is 20.3 Å². The number of hydrogen-bond donors (Lipinski definition) is 2. The van der Waals surface area contributed by atoms with Gasteiger partial charge in [-0.05, 0) is 26.0 Å². The van der Waals surface area contributed by atoms with Crippen molar-refractivity contribution in [3.63, 3.8) is 0 Å². The number of hydrogen-bond acceptors (Lipinski definition) is 3. The van der Waals surface area contributed by atoms with Gasteiger partial charge >= 0.3 is 0 Å². The summed E-state index contributed by atoms with van der Waals surface area (Å²) in [6.45, 7) is 3.56. The number of phenolic OH excluding ortho intramolecular Hbond substituents is 1.